The molecule has 0 saturated carbocycles. The average Bonchev–Trinajstić information content (AvgIpc) is 2.30. The normalized spacial score (nSPS) is 21.2. The van der Waals surface area contributed by atoms with Crippen molar-refractivity contribution in [3.05, 3.63) is 0 Å². The number of nitrogens with zero attached hydrogens (tertiary/aromatic N) is 1. The second-order valence-corrected chi connectivity index (χ2v) is 4.87. The van der Waals surface area contributed by atoms with E-state index in [1.165, 1.54) is 12.8 Å². The molecule has 0 spiro atoms. The van der Waals surface area contributed by atoms with E-state index in [0.29, 0.717) is 18.9 Å². The van der Waals surface area contributed by atoms with Crippen molar-refractivity contribution in [3.63, 3.8) is 0 Å². The van der Waals surface area contributed by atoms with Crippen molar-refractivity contribution in [2.24, 2.45) is 0 Å². The molecule has 4 nitrogen and oxygen atoms in total. The van der Waals surface area contributed by atoms with E-state index in [1.807, 2.05) is 0 Å². The van der Waals surface area contributed by atoms with Gasteiger partial charge in [0, 0.05) is 25.9 Å². The number of Topliss-reactive ketones (excluding diaryl/α,β-unsaturated/α-hetero) is 1. The van der Waals surface area contributed by atoms with E-state index < -0.39 is 0 Å². The molecule has 1 atom stereocenters. The molecule has 1 fully saturated rings. The molecule has 1 saturated heterocycles. The molecule has 1 aliphatic heterocycles. The number of likely N-dealkylation sites (tertiary alicyclic amines) is 1. The zero-order valence-electron chi connectivity index (χ0n) is 11.0. The first-order valence-corrected chi connectivity index (χ1v) is 6.57. The Bertz CT molecular complexity index is 266. The first-order valence-electron chi connectivity index (χ1n) is 6.57. The standard InChI is InChI=1S/C13H24N2O2/c1-11(16)10-12-6-3-4-8-15(12)9-5-7-13(17)14-2/h12H,3-10H2,1-2H3,(H,14,17). The average molecular weight is 240 g/mol. The minimum Gasteiger partial charge on any atom is -0.359 e. The van der Waals surface area contributed by atoms with Gasteiger partial charge >= 0.3 is 0 Å². The molecule has 1 aliphatic rings. The van der Waals surface area contributed by atoms with E-state index in [-0.39, 0.29) is 11.7 Å². The number of ketones is 1. The highest BCUT2D eigenvalue weighted by molar-refractivity contribution is 5.76. The van der Waals surface area contributed by atoms with E-state index >= 15 is 0 Å². The maximum Gasteiger partial charge on any atom is 0.219 e. The number of nitrogens with one attached hydrogen (secondary N) is 1. The quantitative estimate of drug-likeness (QED) is 0.762. The number of carbonyl (C=O) groups excluding carboxylic acids is 2. The van der Waals surface area contributed by atoms with Gasteiger partial charge in [0.05, 0.1) is 0 Å². The van der Waals surface area contributed by atoms with Gasteiger partial charge in [-0.25, -0.2) is 0 Å². The van der Waals surface area contributed by atoms with Crippen molar-refractivity contribution in [1.29, 1.82) is 0 Å². The van der Waals surface area contributed by atoms with E-state index in [2.05, 4.69) is 10.2 Å². The summed E-state index contributed by atoms with van der Waals surface area (Å²) in [7, 11) is 1.67. The van der Waals surface area contributed by atoms with Crippen molar-refractivity contribution in [3.8, 4) is 0 Å². The van der Waals surface area contributed by atoms with Crippen LogP contribution >= 0.6 is 0 Å². The van der Waals surface area contributed by atoms with E-state index in [4.69, 9.17) is 0 Å². The molecular formula is C13H24N2O2. The minimum absolute atomic E-state index is 0.102. The molecule has 0 radical (unpaired) electrons. The number of carbonyl (C=O) groups is 2. The number of rotatable bonds is 6. The van der Waals surface area contributed by atoms with Crippen LogP contribution in [-0.2, 0) is 9.59 Å². The van der Waals surface area contributed by atoms with Gasteiger partial charge in [0.1, 0.15) is 5.78 Å². The maximum absolute atomic E-state index is 11.2. The SMILES string of the molecule is CNC(=O)CCCN1CCCCC1CC(C)=O. The lowest BCUT2D eigenvalue weighted by Gasteiger charge is -2.35. The minimum atomic E-state index is 0.102. The number of hydrogen-bond donors (Lipinski definition) is 1. The summed E-state index contributed by atoms with van der Waals surface area (Å²) in [5, 5.41) is 2.63. The topological polar surface area (TPSA) is 49.4 Å². The number of piperidine rings is 1. The Hall–Kier alpha value is -0.900. The van der Waals surface area contributed by atoms with Gasteiger partial charge in [-0.3, -0.25) is 14.5 Å². The smallest absolute Gasteiger partial charge is 0.219 e. The summed E-state index contributed by atoms with van der Waals surface area (Å²) in [6.45, 7) is 3.67. The zero-order chi connectivity index (χ0) is 12.7. The molecule has 1 N–H and O–H groups in total. The van der Waals surface area contributed by atoms with Crippen LogP contribution in [0.4, 0.5) is 0 Å². The summed E-state index contributed by atoms with van der Waals surface area (Å²) in [4.78, 5) is 24.7. The summed E-state index contributed by atoms with van der Waals surface area (Å²) >= 11 is 0. The van der Waals surface area contributed by atoms with E-state index in [9.17, 15) is 9.59 Å². The molecule has 17 heavy (non-hydrogen) atoms. The monoisotopic (exact) mass is 240 g/mol. The Labute approximate surface area is 104 Å². The van der Waals surface area contributed by atoms with Gasteiger partial charge in [0.2, 0.25) is 5.91 Å². The third kappa shape index (κ3) is 5.31. The molecule has 0 aromatic carbocycles. The van der Waals surface area contributed by atoms with Crippen LogP contribution in [0.25, 0.3) is 0 Å². The molecule has 0 aromatic rings. The first kappa shape index (κ1) is 14.2. The number of amides is 1. The Kier molecular flexibility index (Phi) is 6.19. The molecule has 0 bridgehead atoms. The lowest BCUT2D eigenvalue weighted by Crippen LogP contribution is -2.41. The molecule has 0 aliphatic carbocycles. The second-order valence-electron chi connectivity index (χ2n) is 4.87. The van der Waals surface area contributed by atoms with Crippen molar-refractivity contribution < 1.29 is 9.59 Å². The largest absolute Gasteiger partial charge is 0.359 e. The maximum atomic E-state index is 11.2. The Balaban J connectivity index is 2.32. The molecule has 98 valence electrons. The molecule has 1 unspecified atom stereocenters. The van der Waals surface area contributed by atoms with Crippen LogP contribution in [-0.4, -0.2) is 42.8 Å². The highest BCUT2D eigenvalue weighted by Crippen LogP contribution is 2.20. The molecule has 1 amide bonds. The Morgan fingerprint density at radius 2 is 2.12 bits per heavy atom. The molecule has 1 rings (SSSR count). The summed E-state index contributed by atoms with van der Waals surface area (Å²) in [6.07, 6.45) is 5.70. The van der Waals surface area contributed by atoms with Gasteiger partial charge in [0.15, 0.2) is 0 Å². The van der Waals surface area contributed by atoms with Crippen molar-refractivity contribution >= 4 is 11.7 Å². The lowest BCUT2D eigenvalue weighted by molar-refractivity contribution is -0.121. The summed E-state index contributed by atoms with van der Waals surface area (Å²) < 4.78 is 0. The van der Waals surface area contributed by atoms with Crippen LogP contribution in [0.1, 0.15) is 45.4 Å². The summed E-state index contributed by atoms with van der Waals surface area (Å²) in [5.41, 5.74) is 0. The van der Waals surface area contributed by atoms with Gasteiger partial charge in [-0.2, -0.15) is 0 Å². The third-order valence-corrected chi connectivity index (χ3v) is 3.40. The fourth-order valence-electron chi connectivity index (χ4n) is 2.49. The highest BCUT2D eigenvalue weighted by atomic mass is 16.1. The molecule has 1 heterocycles. The molecular weight excluding hydrogens is 216 g/mol. The van der Waals surface area contributed by atoms with E-state index in [0.717, 1.165) is 25.9 Å². The second kappa shape index (κ2) is 7.43. The number of hydrogen-bond acceptors (Lipinski definition) is 3. The highest BCUT2D eigenvalue weighted by Gasteiger charge is 2.22. The van der Waals surface area contributed by atoms with Crippen LogP contribution in [0.3, 0.4) is 0 Å². The Morgan fingerprint density at radius 1 is 1.35 bits per heavy atom. The van der Waals surface area contributed by atoms with Crippen LogP contribution < -0.4 is 5.32 Å². The zero-order valence-corrected chi connectivity index (χ0v) is 11.0. The van der Waals surface area contributed by atoms with Crippen molar-refractivity contribution in [1.82, 2.24) is 10.2 Å². The van der Waals surface area contributed by atoms with Gasteiger partial charge in [-0.1, -0.05) is 6.42 Å². The van der Waals surface area contributed by atoms with Gasteiger partial charge in [0.25, 0.3) is 0 Å². The van der Waals surface area contributed by atoms with Crippen LogP contribution in [0.5, 0.6) is 0 Å². The Morgan fingerprint density at radius 3 is 2.76 bits per heavy atom. The van der Waals surface area contributed by atoms with Crippen molar-refractivity contribution in [2.45, 2.75) is 51.5 Å². The van der Waals surface area contributed by atoms with Gasteiger partial charge < -0.3 is 5.32 Å². The third-order valence-electron chi connectivity index (χ3n) is 3.40. The van der Waals surface area contributed by atoms with E-state index in [1.54, 1.807) is 14.0 Å². The predicted octanol–water partition coefficient (Wildman–Crippen LogP) is 1.35. The van der Waals surface area contributed by atoms with Gasteiger partial charge in [-0.15, -0.1) is 0 Å². The fraction of sp³-hybridized carbons (Fsp3) is 0.846. The molecule has 0 aromatic heterocycles. The summed E-state index contributed by atoms with van der Waals surface area (Å²) in [5.74, 6) is 0.373. The van der Waals surface area contributed by atoms with Crippen LogP contribution in [0.2, 0.25) is 0 Å². The van der Waals surface area contributed by atoms with Gasteiger partial charge in [-0.05, 0) is 39.3 Å². The van der Waals surface area contributed by atoms with Crippen LogP contribution in [0.15, 0.2) is 0 Å². The molecule has 4 heteroatoms. The lowest BCUT2D eigenvalue weighted by atomic mass is 9.97. The van der Waals surface area contributed by atoms with Crippen molar-refractivity contribution in [2.75, 3.05) is 20.1 Å². The predicted molar refractivity (Wildman–Crippen MR) is 67.8 cm³/mol. The summed E-state index contributed by atoms with van der Waals surface area (Å²) in [6, 6.07) is 0.408. The first-order chi connectivity index (χ1) is 8.13. The fourth-order valence-corrected chi connectivity index (χ4v) is 2.49. The van der Waals surface area contributed by atoms with Crippen LogP contribution in [0, 0.1) is 0 Å².